The van der Waals surface area contributed by atoms with Gasteiger partial charge in [-0.05, 0) is 42.0 Å². The number of carbonyl (C=O) groups excluding carboxylic acids is 1. The molecule has 0 radical (unpaired) electrons. The molecule has 0 atom stereocenters. The summed E-state index contributed by atoms with van der Waals surface area (Å²) in [7, 11) is 1.68. The molecule has 1 aromatic heterocycles. The van der Waals surface area contributed by atoms with E-state index in [0.29, 0.717) is 11.7 Å². The fourth-order valence-corrected chi connectivity index (χ4v) is 2.93. The Morgan fingerprint density at radius 1 is 1.32 bits per heavy atom. The van der Waals surface area contributed by atoms with Crippen LogP contribution in [0.15, 0.2) is 29.4 Å². The Labute approximate surface area is 148 Å². The number of carbonyl (C=O) groups is 1. The molecule has 1 amide bonds. The SMILES string of the molecule is CC(C)n1nnnc1SCC(=O)N(C)Cc1ccc(OC(F)F)cc1. The molecule has 2 rings (SSSR count). The third-order valence-corrected chi connectivity index (χ3v) is 4.19. The van der Waals surface area contributed by atoms with Crippen LogP contribution in [0.1, 0.15) is 25.5 Å². The average molecular weight is 371 g/mol. The molecule has 2 aromatic rings. The first kappa shape index (κ1) is 19.1. The molecule has 0 fully saturated rings. The fourth-order valence-electron chi connectivity index (χ4n) is 1.98. The van der Waals surface area contributed by atoms with Crippen LogP contribution in [0.5, 0.6) is 5.75 Å². The van der Waals surface area contributed by atoms with E-state index in [1.165, 1.54) is 23.9 Å². The molecule has 0 saturated heterocycles. The number of thioether (sulfide) groups is 1. The number of ether oxygens (including phenoxy) is 1. The van der Waals surface area contributed by atoms with Gasteiger partial charge in [-0.25, -0.2) is 4.68 Å². The second-order valence-electron chi connectivity index (χ2n) is 5.56. The van der Waals surface area contributed by atoms with Gasteiger partial charge < -0.3 is 9.64 Å². The molecule has 1 aromatic carbocycles. The molecular formula is C15H19F2N5O2S. The molecule has 0 bridgehead atoms. The average Bonchev–Trinajstić information content (AvgIpc) is 3.02. The van der Waals surface area contributed by atoms with E-state index in [9.17, 15) is 13.6 Å². The summed E-state index contributed by atoms with van der Waals surface area (Å²) in [6, 6.07) is 6.30. The van der Waals surface area contributed by atoms with Gasteiger partial charge in [0.25, 0.3) is 0 Å². The zero-order valence-electron chi connectivity index (χ0n) is 14.1. The van der Waals surface area contributed by atoms with Gasteiger partial charge in [-0.3, -0.25) is 4.79 Å². The summed E-state index contributed by atoms with van der Waals surface area (Å²) in [6.45, 7) is 1.42. The van der Waals surface area contributed by atoms with Crippen LogP contribution in [0.25, 0.3) is 0 Å². The molecule has 1 heterocycles. The molecule has 25 heavy (non-hydrogen) atoms. The van der Waals surface area contributed by atoms with Gasteiger partial charge in [-0.1, -0.05) is 23.9 Å². The minimum Gasteiger partial charge on any atom is -0.435 e. The van der Waals surface area contributed by atoms with Crippen LogP contribution < -0.4 is 4.74 Å². The Morgan fingerprint density at radius 3 is 2.60 bits per heavy atom. The highest BCUT2D eigenvalue weighted by molar-refractivity contribution is 7.99. The van der Waals surface area contributed by atoms with Crippen LogP contribution in [-0.2, 0) is 11.3 Å². The number of hydrogen-bond donors (Lipinski definition) is 0. The summed E-state index contributed by atoms with van der Waals surface area (Å²) in [6.07, 6.45) is 0. The van der Waals surface area contributed by atoms with E-state index in [-0.39, 0.29) is 23.5 Å². The van der Waals surface area contributed by atoms with Crippen molar-refractivity contribution in [2.24, 2.45) is 0 Å². The lowest BCUT2D eigenvalue weighted by molar-refractivity contribution is -0.127. The number of hydrogen-bond acceptors (Lipinski definition) is 6. The van der Waals surface area contributed by atoms with Gasteiger partial charge in [0.1, 0.15) is 5.75 Å². The number of halogens is 2. The van der Waals surface area contributed by atoms with Gasteiger partial charge in [-0.15, -0.1) is 5.10 Å². The van der Waals surface area contributed by atoms with E-state index in [2.05, 4.69) is 20.3 Å². The summed E-state index contributed by atoms with van der Waals surface area (Å²) >= 11 is 1.27. The highest BCUT2D eigenvalue weighted by Gasteiger charge is 2.15. The minimum absolute atomic E-state index is 0.0868. The molecule has 0 saturated carbocycles. The first-order chi connectivity index (χ1) is 11.9. The quantitative estimate of drug-likeness (QED) is 0.664. The highest BCUT2D eigenvalue weighted by atomic mass is 32.2. The maximum absolute atomic E-state index is 12.2. The number of benzene rings is 1. The maximum atomic E-state index is 12.2. The van der Waals surface area contributed by atoms with Crippen LogP contribution in [0, 0.1) is 0 Å². The van der Waals surface area contributed by atoms with Crippen LogP contribution in [0.3, 0.4) is 0 Å². The number of tetrazole rings is 1. The van der Waals surface area contributed by atoms with Crippen molar-refractivity contribution in [3.05, 3.63) is 29.8 Å². The summed E-state index contributed by atoms with van der Waals surface area (Å²) in [5, 5.41) is 12.0. The van der Waals surface area contributed by atoms with Crippen LogP contribution in [0.4, 0.5) is 8.78 Å². The Kier molecular flexibility index (Phi) is 6.68. The second kappa shape index (κ2) is 8.75. The Bertz CT molecular complexity index is 693. The third-order valence-electron chi connectivity index (χ3n) is 3.27. The molecule has 0 aliphatic heterocycles. The van der Waals surface area contributed by atoms with Crippen molar-refractivity contribution in [2.75, 3.05) is 12.8 Å². The number of amides is 1. The van der Waals surface area contributed by atoms with Crippen molar-refractivity contribution < 1.29 is 18.3 Å². The van der Waals surface area contributed by atoms with Crippen molar-refractivity contribution in [1.82, 2.24) is 25.1 Å². The zero-order valence-corrected chi connectivity index (χ0v) is 14.9. The van der Waals surface area contributed by atoms with Gasteiger partial charge in [0, 0.05) is 13.6 Å². The molecule has 0 N–H and O–H groups in total. The smallest absolute Gasteiger partial charge is 0.387 e. The predicted molar refractivity (Wildman–Crippen MR) is 88.5 cm³/mol. The van der Waals surface area contributed by atoms with Crippen LogP contribution in [-0.4, -0.2) is 50.4 Å². The molecule has 0 aliphatic rings. The molecule has 136 valence electrons. The number of aromatic nitrogens is 4. The van der Waals surface area contributed by atoms with Crippen molar-refractivity contribution in [1.29, 1.82) is 0 Å². The molecular weight excluding hydrogens is 352 g/mol. The second-order valence-corrected chi connectivity index (χ2v) is 6.50. The molecule has 0 aliphatic carbocycles. The minimum atomic E-state index is -2.85. The van der Waals surface area contributed by atoms with E-state index < -0.39 is 6.61 Å². The Balaban J connectivity index is 1.86. The van der Waals surface area contributed by atoms with Crippen molar-refractivity contribution in [3.63, 3.8) is 0 Å². The van der Waals surface area contributed by atoms with Gasteiger partial charge in [0.2, 0.25) is 11.1 Å². The zero-order chi connectivity index (χ0) is 18.4. The number of alkyl halides is 2. The largest absolute Gasteiger partial charge is 0.435 e. The van der Waals surface area contributed by atoms with E-state index in [0.717, 1.165) is 5.56 Å². The van der Waals surface area contributed by atoms with Crippen LogP contribution in [0.2, 0.25) is 0 Å². The van der Waals surface area contributed by atoms with Crippen molar-refractivity contribution in [3.8, 4) is 5.75 Å². The molecule has 0 spiro atoms. The number of rotatable bonds is 8. The predicted octanol–water partition coefficient (Wildman–Crippen LogP) is 2.61. The molecule has 0 unspecified atom stereocenters. The van der Waals surface area contributed by atoms with E-state index >= 15 is 0 Å². The van der Waals surface area contributed by atoms with E-state index in [1.54, 1.807) is 28.8 Å². The summed E-state index contributed by atoms with van der Waals surface area (Å²) in [4.78, 5) is 13.8. The van der Waals surface area contributed by atoms with E-state index in [1.807, 2.05) is 13.8 Å². The summed E-state index contributed by atoms with van der Waals surface area (Å²) in [5.74, 6) is 0.205. The third kappa shape index (κ3) is 5.66. The van der Waals surface area contributed by atoms with Crippen molar-refractivity contribution in [2.45, 2.75) is 38.2 Å². The Morgan fingerprint density at radius 2 is 2.00 bits per heavy atom. The van der Waals surface area contributed by atoms with Gasteiger partial charge in [0.05, 0.1) is 11.8 Å². The lowest BCUT2D eigenvalue weighted by Gasteiger charge is -2.17. The summed E-state index contributed by atoms with van der Waals surface area (Å²) < 4.78 is 30.2. The first-order valence-electron chi connectivity index (χ1n) is 7.55. The molecule has 10 heteroatoms. The topological polar surface area (TPSA) is 73.1 Å². The van der Waals surface area contributed by atoms with Crippen molar-refractivity contribution >= 4 is 17.7 Å². The van der Waals surface area contributed by atoms with Gasteiger partial charge in [-0.2, -0.15) is 8.78 Å². The fraction of sp³-hybridized carbons (Fsp3) is 0.467. The maximum Gasteiger partial charge on any atom is 0.387 e. The lowest BCUT2D eigenvalue weighted by atomic mass is 10.2. The lowest BCUT2D eigenvalue weighted by Crippen LogP contribution is -2.28. The van der Waals surface area contributed by atoms with E-state index in [4.69, 9.17) is 0 Å². The molecule has 7 nitrogen and oxygen atoms in total. The van der Waals surface area contributed by atoms with Gasteiger partial charge in [0.15, 0.2) is 0 Å². The first-order valence-corrected chi connectivity index (χ1v) is 8.53. The highest BCUT2D eigenvalue weighted by Crippen LogP contribution is 2.19. The monoisotopic (exact) mass is 371 g/mol. The van der Waals surface area contributed by atoms with Crippen LogP contribution >= 0.6 is 11.8 Å². The summed E-state index contributed by atoms with van der Waals surface area (Å²) in [5.41, 5.74) is 0.814. The van der Waals surface area contributed by atoms with Gasteiger partial charge >= 0.3 is 6.61 Å². The standard InChI is InChI=1S/C15H19F2N5O2S/c1-10(2)22-15(18-19-20-22)25-9-13(23)21(3)8-11-4-6-12(7-5-11)24-14(16)17/h4-7,10,14H,8-9H2,1-3H3. The Hall–Kier alpha value is -2.23. The normalized spacial score (nSPS) is 11.2. The number of nitrogens with zero attached hydrogens (tertiary/aromatic N) is 5.